The normalized spacial score (nSPS) is 20.7. The predicted molar refractivity (Wildman–Crippen MR) is 154 cm³/mol. The number of terminal acetylenes is 1. The number of carbonyl (C=O) groups is 1. The number of aryl methyl sites for hydroxylation is 3. The molecular formula is C31H39N5O2. The first kappa shape index (κ1) is 28.7. The van der Waals surface area contributed by atoms with Gasteiger partial charge in [0.25, 0.3) is 5.91 Å². The standard InChI is InChI=1S/C27H31N5O2.2C2H4/c1-5-20-15-30(16-24(20)33)26-19(4)14-32-25(28-26)13-22(29-32)23-8-6-7-11-31(23)27(34)21-12-17(2)9-10-18(21)3;2*1-2/h1,9-10,12-14,20,23-24,33H,6-8,11,15-16H2,2-4H3;2*1-2H2/t20?,23-,24-;;/m0../s1. The Kier molecular flexibility index (Phi) is 9.49. The van der Waals surface area contributed by atoms with Crippen LogP contribution in [0.2, 0.25) is 0 Å². The zero-order chi connectivity index (χ0) is 28.0. The highest BCUT2D eigenvalue weighted by Gasteiger charge is 2.33. The highest BCUT2D eigenvalue weighted by Crippen LogP contribution is 2.33. The fraction of sp³-hybridized carbons (Fsp3) is 0.387. The van der Waals surface area contributed by atoms with Gasteiger partial charge < -0.3 is 14.9 Å². The molecule has 2 aliphatic heterocycles. The van der Waals surface area contributed by atoms with Crippen LogP contribution in [0.25, 0.3) is 5.65 Å². The molecule has 38 heavy (non-hydrogen) atoms. The largest absolute Gasteiger partial charge is 0.390 e. The van der Waals surface area contributed by atoms with E-state index in [-0.39, 0.29) is 17.9 Å². The number of aliphatic hydroxyl groups is 1. The third-order valence-corrected chi connectivity index (χ3v) is 7.16. The van der Waals surface area contributed by atoms with Crippen LogP contribution in [0.4, 0.5) is 5.82 Å². The van der Waals surface area contributed by atoms with Crippen molar-refractivity contribution in [3.05, 3.63) is 84.7 Å². The SMILES string of the molecule is C#CC1CN(c2nc3cc([C@@H]4CCCCN4C(=O)c4cc(C)ccc4C)nn3cc2C)C[C@@H]1O.C=C.C=C. The third-order valence-electron chi connectivity index (χ3n) is 7.16. The van der Waals surface area contributed by atoms with Gasteiger partial charge in [-0.05, 0) is 51.7 Å². The van der Waals surface area contributed by atoms with E-state index in [1.54, 1.807) is 4.52 Å². The number of fused-ring (bicyclic) bond motifs is 1. The van der Waals surface area contributed by atoms with E-state index in [2.05, 4.69) is 32.2 Å². The average Bonchev–Trinajstić information content (AvgIpc) is 3.53. The van der Waals surface area contributed by atoms with E-state index in [4.69, 9.17) is 16.5 Å². The van der Waals surface area contributed by atoms with Crippen LogP contribution < -0.4 is 4.90 Å². The van der Waals surface area contributed by atoms with Crippen LogP contribution >= 0.6 is 0 Å². The van der Waals surface area contributed by atoms with Crippen molar-refractivity contribution in [2.75, 3.05) is 24.5 Å². The monoisotopic (exact) mass is 513 g/mol. The summed E-state index contributed by atoms with van der Waals surface area (Å²) in [5, 5.41) is 15.1. The average molecular weight is 514 g/mol. The number of carbonyl (C=O) groups excluding carboxylic acids is 1. The van der Waals surface area contributed by atoms with Gasteiger partial charge in [-0.2, -0.15) is 5.10 Å². The van der Waals surface area contributed by atoms with Gasteiger partial charge in [-0.1, -0.05) is 23.6 Å². The first-order valence-corrected chi connectivity index (χ1v) is 13.0. The number of likely N-dealkylation sites (tertiary alicyclic amines) is 1. The third kappa shape index (κ3) is 5.66. The molecule has 1 N–H and O–H groups in total. The molecule has 0 bridgehead atoms. The Morgan fingerprint density at radius 3 is 2.50 bits per heavy atom. The molecule has 7 heteroatoms. The number of β-amino-alcohol motifs (C(OH)–C–C–N with tert-alkyl or cyclic N) is 1. The first-order valence-electron chi connectivity index (χ1n) is 13.0. The van der Waals surface area contributed by atoms with E-state index in [0.29, 0.717) is 13.1 Å². The Labute approximate surface area is 226 Å². The fourth-order valence-electron chi connectivity index (χ4n) is 5.23. The van der Waals surface area contributed by atoms with Crippen molar-refractivity contribution in [2.24, 2.45) is 5.92 Å². The molecule has 3 aromatic rings. The summed E-state index contributed by atoms with van der Waals surface area (Å²) in [6.45, 7) is 19.8. The summed E-state index contributed by atoms with van der Waals surface area (Å²) < 4.78 is 1.80. The van der Waals surface area contributed by atoms with Crippen LogP contribution in [0.3, 0.4) is 0 Å². The Morgan fingerprint density at radius 1 is 1.08 bits per heavy atom. The van der Waals surface area contributed by atoms with Gasteiger partial charge in [0.1, 0.15) is 5.82 Å². The van der Waals surface area contributed by atoms with Crippen LogP contribution in [-0.4, -0.2) is 56.2 Å². The predicted octanol–water partition coefficient (Wildman–Crippen LogP) is 5.06. The van der Waals surface area contributed by atoms with Crippen LogP contribution in [0.5, 0.6) is 0 Å². The van der Waals surface area contributed by atoms with E-state index in [9.17, 15) is 9.90 Å². The minimum Gasteiger partial charge on any atom is -0.390 e. The molecule has 0 saturated carbocycles. The summed E-state index contributed by atoms with van der Waals surface area (Å²) >= 11 is 0. The summed E-state index contributed by atoms with van der Waals surface area (Å²) in [5.74, 6) is 3.38. The molecule has 0 aliphatic carbocycles. The topological polar surface area (TPSA) is 74.0 Å². The maximum atomic E-state index is 13.6. The van der Waals surface area contributed by atoms with E-state index < -0.39 is 6.10 Å². The Balaban J connectivity index is 0.000000956. The summed E-state index contributed by atoms with van der Waals surface area (Å²) in [7, 11) is 0. The van der Waals surface area contributed by atoms with Gasteiger partial charge in [-0.15, -0.1) is 32.7 Å². The number of aromatic nitrogens is 3. The van der Waals surface area contributed by atoms with Gasteiger partial charge in [0.05, 0.1) is 23.8 Å². The van der Waals surface area contributed by atoms with Crippen LogP contribution in [-0.2, 0) is 0 Å². The number of amides is 1. The molecule has 2 aromatic heterocycles. The molecule has 200 valence electrons. The summed E-state index contributed by atoms with van der Waals surface area (Å²) in [6.07, 6.45) is 9.94. The molecule has 0 radical (unpaired) electrons. The lowest BCUT2D eigenvalue weighted by molar-refractivity contribution is 0.0605. The molecule has 0 spiro atoms. The molecule has 5 rings (SSSR count). The van der Waals surface area contributed by atoms with E-state index in [1.165, 1.54) is 0 Å². The minimum atomic E-state index is -0.546. The zero-order valence-electron chi connectivity index (χ0n) is 22.9. The summed E-state index contributed by atoms with van der Waals surface area (Å²) in [5.41, 5.74) is 5.42. The van der Waals surface area contributed by atoms with Crippen molar-refractivity contribution < 1.29 is 9.90 Å². The lowest BCUT2D eigenvalue weighted by Gasteiger charge is -2.35. The maximum Gasteiger partial charge on any atom is 0.254 e. The van der Waals surface area contributed by atoms with Crippen molar-refractivity contribution in [2.45, 2.75) is 52.2 Å². The quantitative estimate of drug-likeness (QED) is 0.392. The lowest BCUT2D eigenvalue weighted by Crippen LogP contribution is -2.39. The zero-order valence-corrected chi connectivity index (χ0v) is 22.9. The van der Waals surface area contributed by atoms with Crippen molar-refractivity contribution >= 4 is 17.4 Å². The fourth-order valence-corrected chi connectivity index (χ4v) is 5.23. The number of hydrogen-bond donors (Lipinski definition) is 1. The molecule has 2 aliphatic rings. The number of aliphatic hydroxyl groups excluding tert-OH is 1. The van der Waals surface area contributed by atoms with Gasteiger partial charge in [0.2, 0.25) is 0 Å². The second-order valence-corrected chi connectivity index (χ2v) is 9.69. The summed E-state index contributed by atoms with van der Waals surface area (Å²) in [4.78, 5) is 22.5. The molecule has 1 aromatic carbocycles. The molecule has 3 atom stereocenters. The van der Waals surface area contributed by atoms with E-state index in [1.807, 2.05) is 61.0 Å². The van der Waals surface area contributed by atoms with Crippen molar-refractivity contribution in [1.29, 1.82) is 0 Å². The molecule has 4 heterocycles. The minimum absolute atomic E-state index is 0.0687. The van der Waals surface area contributed by atoms with Crippen LogP contribution in [0.15, 0.2) is 56.8 Å². The number of piperidine rings is 1. The number of anilines is 1. The molecule has 7 nitrogen and oxygen atoms in total. The van der Waals surface area contributed by atoms with Gasteiger partial charge in [-0.25, -0.2) is 9.50 Å². The first-order chi connectivity index (χ1) is 18.4. The van der Waals surface area contributed by atoms with Gasteiger partial charge in [0, 0.05) is 43.0 Å². The van der Waals surface area contributed by atoms with E-state index >= 15 is 0 Å². The van der Waals surface area contributed by atoms with Crippen LogP contribution in [0, 0.1) is 39.0 Å². The smallest absolute Gasteiger partial charge is 0.254 e. The van der Waals surface area contributed by atoms with Gasteiger partial charge in [-0.3, -0.25) is 4.79 Å². The van der Waals surface area contributed by atoms with Crippen LogP contribution in [0.1, 0.15) is 58.0 Å². The molecule has 1 unspecified atom stereocenters. The molecule has 2 fully saturated rings. The Bertz CT molecular complexity index is 1320. The second kappa shape index (κ2) is 12.6. The Morgan fingerprint density at radius 2 is 1.82 bits per heavy atom. The van der Waals surface area contributed by atoms with Gasteiger partial charge >= 0.3 is 0 Å². The molecule has 1 amide bonds. The number of benzene rings is 1. The number of nitrogens with zero attached hydrogens (tertiary/aromatic N) is 5. The maximum absolute atomic E-state index is 13.6. The molecular weight excluding hydrogens is 474 g/mol. The second-order valence-electron chi connectivity index (χ2n) is 9.69. The van der Waals surface area contributed by atoms with E-state index in [0.717, 1.165) is 65.2 Å². The van der Waals surface area contributed by atoms with Gasteiger partial charge in [0.15, 0.2) is 5.65 Å². The Hall–Kier alpha value is -3.89. The highest BCUT2D eigenvalue weighted by atomic mass is 16.3. The number of hydrogen-bond acceptors (Lipinski definition) is 5. The highest BCUT2D eigenvalue weighted by molar-refractivity contribution is 5.96. The molecule has 2 saturated heterocycles. The van der Waals surface area contributed by atoms with Crippen molar-refractivity contribution in [3.63, 3.8) is 0 Å². The lowest BCUT2D eigenvalue weighted by atomic mass is 9.96. The van der Waals surface area contributed by atoms with Crippen molar-refractivity contribution in [3.8, 4) is 12.3 Å². The van der Waals surface area contributed by atoms with Crippen molar-refractivity contribution in [1.82, 2.24) is 19.5 Å². The summed E-state index contributed by atoms with van der Waals surface area (Å²) in [6, 6.07) is 7.95. The number of rotatable bonds is 3.